The zero-order chi connectivity index (χ0) is 43.8. The van der Waals surface area contributed by atoms with Gasteiger partial charge in [0.25, 0.3) is 0 Å². The third-order valence-electron chi connectivity index (χ3n) is 11.2. The third kappa shape index (κ3) is 23.2. The lowest BCUT2D eigenvalue weighted by atomic mass is 9.98. The molecule has 2 heterocycles. The predicted octanol–water partition coefficient (Wildman–Crippen LogP) is 5.68. The van der Waals surface area contributed by atoms with Crippen molar-refractivity contribution in [3.63, 3.8) is 0 Å². The fraction of sp³-hybridized carbons (Fsp3) is 0.891. The lowest BCUT2D eigenvalue weighted by Crippen LogP contribution is -2.61. The second-order valence-corrected chi connectivity index (χ2v) is 16.6. The Balaban J connectivity index is 1.58. The Labute approximate surface area is 360 Å². The predicted molar refractivity (Wildman–Crippen MR) is 229 cm³/mol. The molecule has 2 saturated heterocycles. The minimum atomic E-state index is -1.70. The van der Waals surface area contributed by atoms with E-state index in [4.69, 9.17) is 28.4 Å². The van der Waals surface area contributed by atoms with Gasteiger partial charge in [0.05, 0.1) is 26.4 Å². The Morgan fingerprint density at radius 2 is 1.03 bits per heavy atom. The van der Waals surface area contributed by atoms with Gasteiger partial charge in [0.2, 0.25) is 0 Å². The average Bonchev–Trinajstić information content (AvgIpc) is 3.25. The van der Waals surface area contributed by atoms with E-state index in [1.807, 2.05) is 6.92 Å². The van der Waals surface area contributed by atoms with Crippen LogP contribution in [0.1, 0.15) is 162 Å². The number of hydrogen-bond acceptors (Lipinski definition) is 14. The molecule has 0 aromatic rings. The number of carbonyl (C=O) groups excluding carboxylic acids is 1. The number of rotatable bonds is 36. The van der Waals surface area contributed by atoms with Crippen molar-refractivity contribution in [3.05, 3.63) is 24.3 Å². The number of aliphatic hydroxyl groups is 7. The molecule has 11 atom stereocenters. The molecule has 11 unspecified atom stereocenters. The molecule has 0 aliphatic carbocycles. The topological polar surface area (TPSA) is 214 Å². The first-order valence-corrected chi connectivity index (χ1v) is 23.4. The number of allylic oxidation sites excluding steroid dienone is 4. The largest absolute Gasteiger partial charge is 0.457 e. The molecule has 0 bridgehead atoms. The minimum Gasteiger partial charge on any atom is -0.457 e. The number of aliphatic hydroxyl groups excluding tert-OH is 7. The zero-order valence-corrected chi connectivity index (χ0v) is 36.9. The zero-order valence-electron chi connectivity index (χ0n) is 36.9. The SMILES string of the molecule is CCCCCCC/C=C\C/C=C\CCCCCCCCCCCCCCOCC(COC1OC(COC2OC(CO)C(O)C(O)C2O)C(O)C(O)C1O)OC(=O)CCCC. The summed E-state index contributed by atoms with van der Waals surface area (Å²) in [5, 5.41) is 71.4. The van der Waals surface area contributed by atoms with Gasteiger partial charge in [0, 0.05) is 13.0 Å². The molecule has 0 saturated carbocycles. The van der Waals surface area contributed by atoms with Gasteiger partial charge in [0.1, 0.15) is 54.9 Å². The normalized spacial score (nSPS) is 27.9. The van der Waals surface area contributed by atoms with E-state index in [2.05, 4.69) is 31.2 Å². The highest BCUT2D eigenvalue weighted by Gasteiger charge is 2.47. The summed E-state index contributed by atoms with van der Waals surface area (Å²) in [6.07, 6.45) is 19.7. The van der Waals surface area contributed by atoms with Crippen molar-refractivity contribution in [2.24, 2.45) is 0 Å². The Bertz CT molecular complexity index is 1090. The van der Waals surface area contributed by atoms with Crippen molar-refractivity contribution >= 4 is 5.97 Å². The molecular weight excluding hydrogens is 776 g/mol. The van der Waals surface area contributed by atoms with Crippen LogP contribution in [0.25, 0.3) is 0 Å². The Kier molecular flexibility index (Phi) is 31.8. The molecule has 2 aliphatic heterocycles. The van der Waals surface area contributed by atoms with E-state index < -0.39 is 86.7 Å². The van der Waals surface area contributed by atoms with Crippen molar-refractivity contribution in [3.8, 4) is 0 Å². The lowest BCUT2D eigenvalue weighted by molar-refractivity contribution is -0.332. The van der Waals surface area contributed by atoms with E-state index >= 15 is 0 Å². The number of unbranched alkanes of at least 4 members (excludes halogenated alkanes) is 18. The van der Waals surface area contributed by atoms with E-state index in [0.29, 0.717) is 13.0 Å². The van der Waals surface area contributed by atoms with Gasteiger partial charge in [0.15, 0.2) is 12.6 Å². The van der Waals surface area contributed by atoms with Gasteiger partial charge < -0.3 is 64.2 Å². The summed E-state index contributed by atoms with van der Waals surface area (Å²) in [7, 11) is 0. The number of esters is 1. The maximum Gasteiger partial charge on any atom is 0.306 e. The highest BCUT2D eigenvalue weighted by atomic mass is 16.7. The van der Waals surface area contributed by atoms with E-state index in [9.17, 15) is 40.5 Å². The van der Waals surface area contributed by atoms with E-state index in [-0.39, 0.29) is 19.6 Å². The Morgan fingerprint density at radius 1 is 0.550 bits per heavy atom. The summed E-state index contributed by atoms with van der Waals surface area (Å²) in [6, 6.07) is 0. The van der Waals surface area contributed by atoms with Crippen LogP contribution in [0, 0.1) is 0 Å². The maximum absolute atomic E-state index is 12.5. The van der Waals surface area contributed by atoms with Gasteiger partial charge in [-0.2, -0.15) is 0 Å². The second-order valence-electron chi connectivity index (χ2n) is 16.6. The van der Waals surface area contributed by atoms with Gasteiger partial charge in [-0.15, -0.1) is 0 Å². The molecule has 0 spiro atoms. The molecule has 14 nitrogen and oxygen atoms in total. The highest BCUT2D eigenvalue weighted by molar-refractivity contribution is 5.69. The number of carbonyl (C=O) groups is 1. The fourth-order valence-electron chi connectivity index (χ4n) is 7.29. The van der Waals surface area contributed by atoms with Crippen molar-refractivity contribution < 1.29 is 69.0 Å². The molecule has 2 fully saturated rings. The molecule has 2 rings (SSSR count). The first kappa shape index (κ1) is 54.6. The molecule has 0 aromatic carbocycles. The highest BCUT2D eigenvalue weighted by Crippen LogP contribution is 2.26. The number of ether oxygens (including phenoxy) is 6. The monoisotopic (exact) mass is 861 g/mol. The Morgan fingerprint density at radius 3 is 1.58 bits per heavy atom. The third-order valence-corrected chi connectivity index (χ3v) is 11.2. The van der Waals surface area contributed by atoms with Crippen molar-refractivity contribution in [2.45, 2.75) is 229 Å². The standard InChI is InChI=1S/C46H84O14/c1-3-5-7-8-9-10-11-12-13-14-15-16-17-18-19-20-21-22-23-24-25-26-27-28-30-55-32-35(58-38(48)29-6-4-2)33-56-45-44(54)42(52)40(50)37(60-45)34-57-46-43(53)41(51)39(49)36(31-47)59-46/h11-12,14-15,35-37,39-47,49-54H,3-10,13,16-34H2,1-2H3/b12-11-,15-14-. The molecular formula is C46H84O14. The summed E-state index contributed by atoms with van der Waals surface area (Å²) in [6.45, 7) is 3.41. The number of hydrogen-bond donors (Lipinski definition) is 7. The van der Waals surface area contributed by atoms with Crippen molar-refractivity contribution in [2.75, 3.05) is 33.0 Å². The van der Waals surface area contributed by atoms with Crippen LogP contribution < -0.4 is 0 Å². The molecule has 2 aliphatic rings. The summed E-state index contributed by atoms with van der Waals surface area (Å²) in [5.41, 5.74) is 0. The van der Waals surface area contributed by atoms with Gasteiger partial charge in [-0.05, 0) is 44.9 Å². The van der Waals surface area contributed by atoms with Crippen LogP contribution in [-0.4, -0.2) is 142 Å². The summed E-state index contributed by atoms with van der Waals surface area (Å²) in [5.74, 6) is -0.411. The molecule has 0 radical (unpaired) electrons. The van der Waals surface area contributed by atoms with Crippen LogP contribution in [-0.2, 0) is 33.2 Å². The second kappa shape index (κ2) is 34.9. The summed E-state index contributed by atoms with van der Waals surface area (Å²) >= 11 is 0. The molecule has 60 heavy (non-hydrogen) atoms. The smallest absolute Gasteiger partial charge is 0.306 e. The Hall–Kier alpha value is -1.53. The van der Waals surface area contributed by atoms with Gasteiger partial charge in [-0.1, -0.05) is 134 Å². The first-order valence-electron chi connectivity index (χ1n) is 23.4. The van der Waals surface area contributed by atoms with Gasteiger partial charge in [-0.25, -0.2) is 0 Å². The first-order chi connectivity index (χ1) is 29.1. The minimum absolute atomic E-state index is 0.0587. The summed E-state index contributed by atoms with van der Waals surface area (Å²) in [4.78, 5) is 12.5. The van der Waals surface area contributed by atoms with Crippen LogP contribution >= 0.6 is 0 Å². The molecule has 352 valence electrons. The van der Waals surface area contributed by atoms with Crippen molar-refractivity contribution in [1.29, 1.82) is 0 Å². The molecule has 0 aromatic heterocycles. The van der Waals surface area contributed by atoms with E-state index in [1.165, 1.54) is 103 Å². The van der Waals surface area contributed by atoms with Crippen LogP contribution in [0.4, 0.5) is 0 Å². The molecule has 7 N–H and O–H groups in total. The fourth-order valence-corrected chi connectivity index (χ4v) is 7.29. The van der Waals surface area contributed by atoms with Gasteiger partial charge in [-0.3, -0.25) is 4.79 Å². The molecule has 14 heteroatoms. The van der Waals surface area contributed by atoms with Crippen LogP contribution in [0.2, 0.25) is 0 Å². The van der Waals surface area contributed by atoms with E-state index in [0.717, 1.165) is 32.1 Å². The van der Waals surface area contributed by atoms with Crippen LogP contribution in [0.15, 0.2) is 24.3 Å². The van der Waals surface area contributed by atoms with E-state index in [1.54, 1.807) is 0 Å². The average molecular weight is 861 g/mol. The van der Waals surface area contributed by atoms with Crippen molar-refractivity contribution in [1.82, 2.24) is 0 Å². The van der Waals surface area contributed by atoms with Crippen LogP contribution in [0.3, 0.4) is 0 Å². The molecule has 0 amide bonds. The quantitative estimate of drug-likeness (QED) is 0.0230. The lowest BCUT2D eigenvalue weighted by Gasteiger charge is -2.42. The summed E-state index contributed by atoms with van der Waals surface area (Å²) < 4.78 is 33.7. The maximum atomic E-state index is 12.5. The van der Waals surface area contributed by atoms with Crippen LogP contribution in [0.5, 0.6) is 0 Å². The van der Waals surface area contributed by atoms with Gasteiger partial charge >= 0.3 is 5.97 Å².